The van der Waals surface area contributed by atoms with Gasteiger partial charge in [0.05, 0.1) is 0 Å². The minimum atomic E-state index is 0.991. The van der Waals surface area contributed by atoms with Crippen LogP contribution in [-0.2, 0) is 0 Å². The zero-order valence-electron chi connectivity index (χ0n) is 6.73. The quantitative estimate of drug-likeness (QED) is 0.658. The van der Waals surface area contributed by atoms with Gasteiger partial charge in [0.25, 0.3) is 0 Å². The van der Waals surface area contributed by atoms with E-state index >= 15 is 0 Å². The zero-order chi connectivity index (χ0) is 7.23. The first-order chi connectivity index (χ1) is 4.93. The Morgan fingerprint density at radius 2 is 2.30 bits per heavy atom. The van der Waals surface area contributed by atoms with Crippen molar-refractivity contribution < 1.29 is 0 Å². The molecule has 1 atom stereocenters. The molecule has 0 spiro atoms. The molecule has 0 aromatic heterocycles. The molecule has 1 N–H and O–H groups in total. The van der Waals surface area contributed by atoms with Gasteiger partial charge >= 0.3 is 0 Å². The Morgan fingerprint density at radius 3 is 3.10 bits per heavy atom. The van der Waals surface area contributed by atoms with Gasteiger partial charge in [0.15, 0.2) is 0 Å². The molecule has 1 rings (SSSR count). The number of rotatable bonds is 2. The van der Waals surface area contributed by atoms with Crippen LogP contribution in [0.2, 0.25) is 0 Å². The highest BCUT2D eigenvalue weighted by atomic mass is 32.2. The topological polar surface area (TPSA) is 12.0 Å². The number of nitrogens with one attached hydrogen (secondary N) is 1. The Hall–Kier alpha value is 0.310. The Balaban J connectivity index is 2.15. The van der Waals surface area contributed by atoms with Gasteiger partial charge in [-0.2, -0.15) is 11.8 Å². The van der Waals surface area contributed by atoms with Gasteiger partial charge in [-0.1, -0.05) is 0 Å². The van der Waals surface area contributed by atoms with E-state index in [1.807, 2.05) is 11.8 Å². The Kier molecular flexibility index (Phi) is 4.23. The van der Waals surface area contributed by atoms with E-state index in [2.05, 4.69) is 11.6 Å². The molecule has 0 saturated carbocycles. The van der Waals surface area contributed by atoms with Crippen molar-refractivity contribution in [2.75, 3.05) is 25.1 Å². The molecular weight excluding hydrogens is 142 g/mol. The van der Waals surface area contributed by atoms with Crippen molar-refractivity contribution in [3.63, 3.8) is 0 Å². The first-order valence-corrected chi connectivity index (χ1v) is 5.52. The summed E-state index contributed by atoms with van der Waals surface area (Å²) in [6, 6.07) is 0. The van der Waals surface area contributed by atoms with Crippen molar-refractivity contribution >= 4 is 11.8 Å². The molecule has 0 radical (unpaired) electrons. The van der Waals surface area contributed by atoms with Gasteiger partial charge in [0.2, 0.25) is 0 Å². The van der Waals surface area contributed by atoms with E-state index in [4.69, 9.17) is 0 Å². The average Bonchev–Trinajstić information content (AvgIpc) is 2.17. The van der Waals surface area contributed by atoms with E-state index in [0.717, 1.165) is 5.92 Å². The maximum Gasteiger partial charge on any atom is -0.00414 e. The van der Waals surface area contributed by atoms with Gasteiger partial charge in [-0.25, -0.2) is 0 Å². The largest absolute Gasteiger partial charge is 0.317 e. The highest BCUT2D eigenvalue weighted by Gasteiger charge is 2.09. The molecule has 1 nitrogen and oxygen atoms in total. The fourth-order valence-corrected chi connectivity index (χ4v) is 2.30. The lowest BCUT2D eigenvalue weighted by Gasteiger charge is -2.10. The Labute approximate surface area is 68.0 Å². The lowest BCUT2D eigenvalue weighted by atomic mass is 10.0. The molecule has 0 aliphatic carbocycles. The summed E-state index contributed by atoms with van der Waals surface area (Å²) in [6.45, 7) is 2.48. The predicted octanol–water partition coefficient (Wildman–Crippen LogP) is 1.74. The molecule has 0 aromatic carbocycles. The van der Waals surface area contributed by atoms with E-state index in [1.165, 1.54) is 38.1 Å². The van der Waals surface area contributed by atoms with Crippen molar-refractivity contribution in [2.24, 2.45) is 5.92 Å². The molecule has 10 heavy (non-hydrogen) atoms. The minimum Gasteiger partial charge on any atom is -0.317 e. The van der Waals surface area contributed by atoms with Crippen LogP contribution in [0.4, 0.5) is 0 Å². The second-order valence-corrected chi connectivity index (χ2v) is 3.91. The van der Waals surface area contributed by atoms with Gasteiger partial charge in [0, 0.05) is 0 Å². The third-order valence-electron chi connectivity index (χ3n) is 2.10. The number of hydrogen-bond acceptors (Lipinski definition) is 2. The maximum absolute atomic E-state index is 3.43. The van der Waals surface area contributed by atoms with Crippen molar-refractivity contribution in [1.29, 1.82) is 0 Å². The Morgan fingerprint density at radius 1 is 1.40 bits per heavy atom. The molecule has 2 heteroatoms. The molecule has 0 aromatic rings. The maximum atomic E-state index is 3.43. The molecule has 1 aliphatic heterocycles. The fraction of sp³-hybridized carbons (Fsp3) is 1.00. The van der Waals surface area contributed by atoms with E-state index in [9.17, 15) is 0 Å². The molecular formula is C8H17NS. The average molecular weight is 159 g/mol. The number of thioether (sulfide) groups is 1. The third kappa shape index (κ3) is 2.93. The van der Waals surface area contributed by atoms with E-state index < -0.39 is 0 Å². The summed E-state index contributed by atoms with van der Waals surface area (Å²) in [7, 11) is 0. The summed E-state index contributed by atoms with van der Waals surface area (Å²) in [5, 5.41) is 3.43. The van der Waals surface area contributed by atoms with Crippen molar-refractivity contribution in [3.8, 4) is 0 Å². The van der Waals surface area contributed by atoms with Gasteiger partial charge in [0.1, 0.15) is 0 Å². The third-order valence-corrected chi connectivity index (χ3v) is 2.90. The van der Waals surface area contributed by atoms with Crippen LogP contribution in [0.25, 0.3) is 0 Å². The summed E-state index contributed by atoms with van der Waals surface area (Å²) >= 11 is 1.99. The lowest BCUT2D eigenvalue weighted by Crippen LogP contribution is -2.14. The van der Waals surface area contributed by atoms with Crippen LogP contribution in [0.3, 0.4) is 0 Å². The minimum absolute atomic E-state index is 0.991. The van der Waals surface area contributed by atoms with Crippen LogP contribution in [0.1, 0.15) is 19.3 Å². The lowest BCUT2D eigenvalue weighted by molar-refractivity contribution is 0.528. The van der Waals surface area contributed by atoms with E-state index in [0.29, 0.717) is 0 Å². The van der Waals surface area contributed by atoms with Crippen LogP contribution in [-0.4, -0.2) is 25.1 Å². The highest BCUT2D eigenvalue weighted by Crippen LogP contribution is 2.17. The van der Waals surface area contributed by atoms with E-state index in [1.54, 1.807) is 0 Å². The summed E-state index contributed by atoms with van der Waals surface area (Å²) in [6.07, 6.45) is 6.41. The van der Waals surface area contributed by atoms with Crippen LogP contribution in [0.15, 0.2) is 0 Å². The van der Waals surface area contributed by atoms with Gasteiger partial charge < -0.3 is 5.32 Å². The first kappa shape index (κ1) is 8.41. The smallest absolute Gasteiger partial charge is 0.00414 e. The van der Waals surface area contributed by atoms with Crippen molar-refractivity contribution in [1.82, 2.24) is 5.32 Å². The number of hydrogen-bond donors (Lipinski definition) is 1. The van der Waals surface area contributed by atoms with Crippen LogP contribution < -0.4 is 5.32 Å². The molecule has 1 saturated heterocycles. The molecule has 1 heterocycles. The van der Waals surface area contributed by atoms with E-state index in [-0.39, 0.29) is 0 Å². The fourth-order valence-electron chi connectivity index (χ4n) is 1.49. The molecule has 1 unspecified atom stereocenters. The van der Waals surface area contributed by atoms with Gasteiger partial charge in [-0.05, 0) is 50.3 Å². The van der Waals surface area contributed by atoms with Crippen molar-refractivity contribution in [3.05, 3.63) is 0 Å². The second-order valence-electron chi connectivity index (χ2n) is 3.00. The molecule has 1 aliphatic rings. The summed E-state index contributed by atoms with van der Waals surface area (Å²) < 4.78 is 0. The monoisotopic (exact) mass is 159 g/mol. The van der Waals surface area contributed by atoms with Crippen molar-refractivity contribution in [2.45, 2.75) is 19.3 Å². The molecule has 0 amide bonds. The molecule has 60 valence electrons. The first-order valence-electron chi connectivity index (χ1n) is 4.13. The normalized spacial score (nSPS) is 27.9. The van der Waals surface area contributed by atoms with Crippen LogP contribution in [0.5, 0.6) is 0 Å². The van der Waals surface area contributed by atoms with Gasteiger partial charge in [-0.3, -0.25) is 0 Å². The Bertz CT molecular complexity index is 77.3. The molecule has 1 fully saturated rings. The van der Waals surface area contributed by atoms with Crippen LogP contribution in [0, 0.1) is 5.92 Å². The molecule has 0 bridgehead atoms. The SMILES string of the molecule is CSCC1CCCNCC1. The predicted molar refractivity (Wildman–Crippen MR) is 48.6 cm³/mol. The zero-order valence-corrected chi connectivity index (χ0v) is 7.54. The highest BCUT2D eigenvalue weighted by molar-refractivity contribution is 7.98. The van der Waals surface area contributed by atoms with Gasteiger partial charge in [-0.15, -0.1) is 0 Å². The standard InChI is InChI=1S/C8H17NS/c1-10-7-8-3-2-5-9-6-4-8/h8-9H,2-7H2,1H3. The summed E-state index contributed by atoms with van der Waals surface area (Å²) in [5.74, 6) is 2.35. The summed E-state index contributed by atoms with van der Waals surface area (Å²) in [4.78, 5) is 0. The van der Waals surface area contributed by atoms with Crippen LogP contribution >= 0.6 is 11.8 Å². The second kappa shape index (κ2) is 5.03. The summed E-state index contributed by atoms with van der Waals surface area (Å²) in [5.41, 5.74) is 0.